The topological polar surface area (TPSA) is 68.6 Å². The number of hydrogen-bond acceptors (Lipinski definition) is 5. The van der Waals surface area contributed by atoms with Gasteiger partial charge in [-0.1, -0.05) is 6.58 Å². The Kier molecular flexibility index (Phi) is 2.68. The van der Waals surface area contributed by atoms with Gasteiger partial charge in [-0.25, -0.2) is 10.2 Å². The van der Waals surface area contributed by atoms with Gasteiger partial charge >= 0.3 is 12.1 Å². The lowest BCUT2D eigenvalue weighted by molar-refractivity contribution is -0.139. The minimum atomic E-state index is -0.503. The molecule has 1 aliphatic heterocycles. The highest BCUT2D eigenvalue weighted by molar-refractivity contribution is 5.81. The van der Waals surface area contributed by atoms with Gasteiger partial charge in [0.05, 0.1) is 0 Å². The van der Waals surface area contributed by atoms with E-state index < -0.39 is 5.97 Å². The highest BCUT2D eigenvalue weighted by atomic mass is 16.7. The van der Waals surface area contributed by atoms with E-state index in [1.807, 2.05) is 0 Å². The van der Waals surface area contributed by atoms with E-state index in [2.05, 4.69) is 16.1 Å². The summed E-state index contributed by atoms with van der Waals surface area (Å²) in [5.74, 6) is -0.503. The van der Waals surface area contributed by atoms with Crippen LogP contribution in [0.3, 0.4) is 0 Å². The van der Waals surface area contributed by atoms with E-state index in [0.29, 0.717) is 0 Å². The molecule has 0 amide bonds. The number of carbonyl (C=O) groups is 1. The van der Waals surface area contributed by atoms with Crippen molar-refractivity contribution in [2.75, 3.05) is 13.2 Å². The minimum absolute atomic E-state index is 0.0905. The van der Waals surface area contributed by atoms with E-state index in [9.17, 15) is 4.79 Å². The van der Waals surface area contributed by atoms with Gasteiger partial charge in [0.1, 0.15) is 13.2 Å². The van der Waals surface area contributed by atoms with Gasteiger partial charge in [-0.15, -0.1) is 0 Å². The van der Waals surface area contributed by atoms with Crippen LogP contribution in [0.15, 0.2) is 12.7 Å². The fourth-order valence-corrected chi connectivity index (χ4v) is 0.704. The average molecular weight is 171 g/mol. The molecule has 1 heterocycles. The van der Waals surface area contributed by atoms with Crippen molar-refractivity contribution in [3.8, 4) is 0 Å². The summed E-state index contributed by atoms with van der Waals surface area (Å²) < 4.78 is 14.1. The highest BCUT2D eigenvalue weighted by Gasteiger charge is 2.23. The second-order valence-corrected chi connectivity index (χ2v) is 2.17. The van der Waals surface area contributed by atoms with Gasteiger partial charge in [0.15, 0.2) is 6.10 Å². The molecule has 5 heteroatoms. The van der Waals surface area contributed by atoms with Gasteiger partial charge in [-0.2, -0.15) is 0 Å². The molecular formula is C7H9NO4. The van der Waals surface area contributed by atoms with Gasteiger partial charge in [-0.3, -0.25) is 0 Å². The van der Waals surface area contributed by atoms with Crippen LogP contribution in [0.5, 0.6) is 0 Å². The molecule has 66 valence electrons. The number of rotatable bonds is 3. The van der Waals surface area contributed by atoms with Crippen molar-refractivity contribution in [2.45, 2.75) is 6.10 Å². The van der Waals surface area contributed by atoms with Crippen LogP contribution in [-0.2, 0) is 19.0 Å². The van der Waals surface area contributed by atoms with Gasteiger partial charge in [0.25, 0.3) is 0 Å². The molecule has 0 aromatic rings. The molecule has 0 saturated carbocycles. The van der Waals surface area contributed by atoms with Crippen molar-refractivity contribution < 1.29 is 19.0 Å². The molecule has 12 heavy (non-hydrogen) atoms. The van der Waals surface area contributed by atoms with Crippen LogP contribution in [0.4, 0.5) is 0 Å². The summed E-state index contributed by atoms with van der Waals surface area (Å²) in [6, 6.07) is 0. The Morgan fingerprint density at radius 2 is 2.67 bits per heavy atom. The summed E-state index contributed by atoms with van der Waals surface area (Å²) in [7, 11) is 0. The summed E-state index contributed by atoms with van der Waals surface area (Å²) in [6.07, 6.45) is 0.484. The van der Waals surface area contributed by atoms with Crippen LogP contribution in [0, 0.1) is 5.41 Å². The molecular weight excluding hydrogens is 162 g/mol. The molecule has 1 N–H and O–H groups in total. The van der Waals surface area contributed by atoms with Crippen molar-refractivity contribution in [1.29, 1.82) is 5.41 Å². The fraction of sp³-hybridized carbons (Fsp3) is 0.429. The predicted octanol–water partition coefficient (Wildman–Crippen LogP) is 0.0658. The van der Waals surface area contributed by atoms with Crippen molar-refractivity contribution >= 4 is 12.1 Å². The molecule has 1 saturated heterocycles. The summed E-state index contributed by atoms with van der Waals surface area (Å²) in [6.45, 7) is 3.58. The molecule has 1 fully saturated rings. The summed E-state index contributed by atoms with van der Waals surface area (Å²) in [4.78, 5) is 10.6. The van der Waals surface area contributed by atoms with E-state index in [0.717, 1.165) is 6.08 Å². The van der Waals surface area contributed by atoms with Crippen LogP contribution in [0.25, 0.3) is 0 Å². The molecule has 1 rings (SSSR count). The Bertz CT molecular complexity index is 213. The third-order valence-electron chi connectivity index (χ3n) is 1.25. The zero-order valence-electron chi connectivity index (χ0n) is 6.41. The lowest BCUT2D eigenvalue weighted by atomic mass is 10.4. The number of nitrogens with one attached hydrogen (secondary N) is 1. The van der Waals surface area contributed by atoms with Crippen molar-refractivity contribution in [2.24, 2.45) is 0 Å². The van der Waals surface area contributed by atoms with Crippen molar-refractivity contribution in [3.63, 3.8) is 0 Å². The highest BCUT2D eigenvalue weighted by Crippen LogP contribution is 2.05. The second-order valence-electron chi connectivity index (χ2n) is 2.17. The smallest absolute Gasteiger partial charge is 0.381 e. The molecule has 0 spiro atoms. The van der Waals surface area contributed by atoms with Crippen LogP contribution in [0.1, 0.15) is 0 Å². The Balaban J connectivity index is 2.20. The first kappa shape index (κ1) is 8.58. The van der Waals surface area contributed by atoms with Crippen LogP contribution in [-0.4, -0.2) is 31.4 Å². The predicted molar refractivity (Wildman–Crippen MR) is 39.7 cm³/mol. The number of esters is 1. The summed E-state index contributed by atoms with van der Waals surface area (Å²) in [5, 5.41) is 6.90. The zero-order chi connectivity index (χ0) is 8.97. The maximum absolute atomic E-state index is 10.6. The van der Waals surface area contributed by atoms with Crippen molar-refractivity contribution in [1.82, 2.24) is 0 Å². The van der Waals surface area contributed by atoms with Gasteiger partial charge in [0, 0.05) is 6.08 Å². The molecule has 0 aromatic carbocycles. The second kappa shape index (κ2) is 3.75. The van der Waals surface area contributed by atoms with E-state index in [4.69, 9.17) is 10.1 Å². The maximum atomic E-state index is 10.6. The molecule has 0 radical (unpaired) electrons. The number of carbonyl (C=O) groups excluding carboxylic acids is 1. The molecule has 1 atom stereocenters. The van der Waals surface area contributed by atoms with E-state index in [-0.39, 0.29) is 25.4 Å². The summed E-state index contributed by atoms with van der Waals surface area (Å²) >= 11 is 0. The molecule has 1 aliphatic rings. The average Bonchev–Trinajstić information content (AvgIpc) is 2.47. The molecule has 0 aromatic heterocycles. The quantitative estimate of drug-likeness (QED) is 0.481. The molecule has 5 nitrogen and oxygen atoms in total. The standard InChI is InChI=1S/C7H9NO4/c1-2-6(9)10-3-5-4-11-7(8)12-5/h2,5,8H,1,3-4H2. The zero-order valence-corrected chi connectivity index (χ0v) is 6.41. The lowest BCUT2D eigenvalue weighted by Crippen LogP contribution is -2.19. The molecule has 1 unspecified atom stereocenters. The first-order chi connectivity index (χ1) is 5.72. The van der Waals surface area contributed by atoms with Gasteiger partial charge in [-0.05, 0) is 0 Å². The SMILES string of the molecule is C=CC(=O)OCC1COC(=N)O1. The Labute approximate surface area is 69.4 Å². The normalized spacial score (nSPS) is 21.0. The van der Waals surface area contributed by atoms with Crippen molar-refractivity contribution in [3.05, 3.63) is 12.7 Å². The first-order valence-corrected chi connectivity index (χ1v) is 3.39. The van der Waals surface area contributed by atoms with Crippen LogP contribution < -0.4 is 0 Å². The maximum Gasteiger partial charge on any atom is 0.381 e. The Morgan fingerprint density at radius 1 is 1.92 bits per heavy atom. The van der Waals surface area contributed by atoms with E-state index >= 15 is 0 Å². The largest absolute Gasteiger partial charge is 0.458 e. The van der Waals surface area contributed by atoms with Crippen LogP contribution in [0.2, 0.25) is 0 Å². The molecule has 0 bridgehead atoms. The number of ether oxygens (including phenoxy) is 3. The number of hydrogen-bond donors (Lipinski definition) is 1. The molecule has 0 aliphatic carbocycles. The Hall–Kier alpha value is -1.52. The lowest BCUT2D eigenvalue weighted by Gasteiger charge is -2.05. The third-order valence-corrected chi connectivity index (χ3v) is 1.25. The van der Waals surface area contributed by atoms with E-state index in [1.54, 1.807) is 0 Å². The van der Waals surface area contributed by atoms with Gasteiger partial charge < -0.3 is 14.2 Å². The van der Waals surface area contributed by atoms with Gasteiger partial charge in [0.2, 0.25) is 0 Å². The monoisotopic (exact) mass is 171 g/mol. The minimum Gasteiger partial charge on any atom is -0.458 e. The summed E-state index contributed by atoms with van der Waals surface area (Å²) in [5.41, 5.74) is 0. The Morgan fingerprint density at radius 3 is 3.17 bits per heavy atom. The van der Waals surface area contributed by atoms with E-state index in [1.165, 1.54) is 0 Å². The third kappa shape index (κ3) is 2.26. The van der Waals surface area contributed by atoms with Crippen LogP contribution >= 0.6 is 0 Å². The fourth-order valence-electron chi connectivity index (χ4n) is 0.704. The first-order valence-electron chi connectivity index (χ1n) is 3.39.